The highest BCUT2D eigenvalue weighted by molar-refractivity contribution is 6.77. The summed E-state index contributed by atoms with van der Waals surface area (Å²) in [5, 5.41) is 8.80. The molecule has 1 N–H and O–H groups in total. The second-order valence-electron chi connectivity index (χ2n) is 2.93. The standard InChI is InChI=1S/C5H15O2Si2/c1-8(2)7-9(3,4)5-6/h6H,5H2,1-4H3. The smallest absolute Gasteiger partial charge is 0.199 e. The first-order valence-electron chi connectivity index (χ1n) is 3.08. The van der Waals surface area contributed by atoms with E-state index in [1.165, 1.54) is 0 Å². The lowest BCUT2D eigenvalue weighted by atomic mass is 11.7. The second-order valence-corrected chi connectivity index (χ2v) is 9.40. The average molecular weight is 163 g/mol. The van der Waals surface area contributed by atoms with Gasteiger partial charge in [-0.25, -0.2) is 0 Å². The van der Waals surface area contributed by atoms with Crippen LogP contribution in [0.2, 0.25) is 26.2 Å². The van der Waals surface area contributed by atoms with Crippen molar-refractivity contribution in [1.29, 1.82) is 0 Å². The van der Waals surface area contributed by atoms with Crippen LogP contribution >= 0.6 is 0 Å². The third-order valence-corrected chi connectivity index (χ3v) is 5.47. The van der Waals surface area contributed by atoms with Crippen LogP contribution in [0.25, 0.3) is 0 Å². The van der Waals surface area contributed by atoms with Gasteiger partial charge in [0.25, 0.3) is 0 Å². The van der Waals surface area contributed by atoms with Crippen LogP contribution in [0, 0.1) is 0 Å². The summed E-state index contributed by atoms with van der Waals surface area (Å²) in [7, 11) is -2.24. The van der Waals surface area contributed by atoms with E-state index < -0.39 is 17.4 Å². The minimum atomic E-state index is -1.64. The molecule has 0 rings (SSSR count). The summed E-state index contributed by atoms with van der Waals surface area (Å²) in [4.78, 5) is 0. The van der Waals surface area contributed by atoms with Gasteiger partial charge >= 0.3 is 0 Å². The Hall–Kier alpha value is 0.354. The summed E-state index contributed by atoms with van der Waals surface area (Å²) in [5.41, 5.74) is 0. The van der Waals surface area contributed by atoms with Gasteiger partial charge in [-0.1, -0.05) is 0 Å². The van der Waals surface area contributed by atoms with Gasteiger partial charge in [-0.15, -0.1) is 0 Å². The number of rotatable bonds is 3. The van der Waals surface area contributed by atoms with Crippen LogP contribution in [0.3, 0.4) is 0 Å². The molecule has 0 aromatic rings. The molecule has 0 aliphatic carbocycles. The lowest BCUT2D eigenvalue weighted by Crippen LogP contribution is -2.39. The van der Waals surface area contributed by atoms with E-state index in [9.17, 15) is 0 Å². The summed E-state index contributed by atoms with van der Waals surface area (Å²) < 4.78 is 5.58. The molecule has 0 saturated heterocycles. The Morgan fingerprint density at radius 3 is 2.00 bits per heavy atom. The fourth-order valence-electron chi connectivity index (χ4n) is 0.585. The zero-order chi connectivity index (χ0) is 7.49. The van der Waals surface area contributed by atoms with Gasteiger partial charge < -0.3 is 9.22 Å². The molecule has 0 atom stereocenters. The minimum Gasteiger partial charge on any atom is -0.454 e. The van der Waals surface area contributed by atoms with Gasteiger partial charge in [0.15, 0.2) is 17.4 Å². The van der Waals surface area contributed by atoms with E-state index in [0.29, 0.717) is 0 Å². The van der Waals surface area contributed by atoms with Crippen molar-refractivity contribution in [2.24, 2.45) is 0 Å². The number of aliphatic hydroxyl groups is 1. The van der Waals surface area contributed by atoms with Crippen molar-refractivity contribution < 1.29 is 9.22 Å². The van der Waals surface area contributed by atoms with Crippen LogP contribution in [-0.2, 0) is 4.12 Å². The zero-order valence-corrected chi connectivity index (χ0v) is 8.56. The molecular weight excluding hydrogens is 148 g/mol. The van der Waals surface area contributed by atoms with Crippen molar-refractivity contribution in [3.63, 3.8) is 0 Å². The average Bonchev–Trinajstić information content (AvgIpc) is 1.63. The zero-order valence-electron chi connectivity index (χ0n) is 6.56. The Morgan fingerprint density at radius 2 is 1.89 bits per heavy atom. The van der Waals surface area contributed by atoms with Crippen LogP contribution in [-0.4, -0.2) is 28.7 Å². The Balaban J connectivity index is 3.58. The lowest BCUT2D eigenvalue weighted by Gasteiger charge is -2.22. The quantitative estimate of drug-likeness (QED) is 0.629. The summed E-state index contributed by atoms with van der Waals surface area (Å²) in [6.07, 6.45) is 0.239. The first-order chi connectivity index (χ1) is 3.98. The summed E-state index contributed by atoms with van der Waals surface area (Å²) >= 11 is 0. The maximum absolute atomic E-state index is 8.80. The maximum atomic E-state index is 8.80. The third kappa shape index (κ3) is 4.83. The molecule has 0 aromatic heterocycles. The molecule has 0 saturated carbocycles. The van der Waals surface area contributed by atoms with Gasteiger partial charge in [-0.2, -0.15) is 0 Å². The van der Waals surface area contributed by atoms with Crippen molar-refractivity contribution in [3.05, 3.63) is 0 Å². The normalized spacial score (nSPS) is 12.7. The molecule has 0 aliphatic rings. The SMILES string of the molecule is C[Si](C)O[Si](C)(C)CO. The highest BCUT2D eigenvalue weighted by Crippen LogP contribution is 2.03. The summed E-state index contributed by atoms with van der Waals surface area (Å²) in [6.45, 7) is 8.25. The van der Waals surface area contributed by atoms with E-state index >= 15 is 0 Å². The van der Waals surface area contributed by atoms with Gasteiger partial charge in [0.05, 0.1) is 6.23 Å². The van der Waals surface area contributed by atoms with Crippen molar-refractivity contribution in [2.45, 2.75) is 26.2 Å². The van der Waals surface area contributed by atoms with Crippen molar-refractivity contribution in [3.8, 4) is 0 Å². The van der Waals surface area contributed by atoms with Crippen LogP contribution in [0.1, 0.15) is 0 Å². The predicted octanol–water partition coefficient (Wildman–Crippen LogP) is 0.991. The minimum absolute atomic E-state index is 0.239. The monoisotopic (exact) mass is 163 g/mol. The molecule has 0 heterocycles. The van der Waals surface area contributed by atoms with Gasteiger partial charge in [-0.3, -0.25) is 0 Å². The molecule has 0 bridgehead atoms. The molecular formula is C5H15O2Si2. The van der Waals surface area contributed by atoms with E-state index in [4.69, 9.17) is 9.22 Å². The van der Waals surface area contributed by atoms with E-state index in [1.54, 1.807) is 0 Å². The molecule has 0 amide bonds. The highest BCUT2D eigenvalue weighted by Gasteiger charge is 2.22. The van der Waals surface area contributed by atoms with Crippen molar-refractivity contribution in [1.82, 2.24) is 0 Å². The van der Waals surface area contributed by atoms with Crippen LogP contribution in [0.4, 0.5) is 0 Å². The van der Waals surface area contributed by atoms with E-state index in [1.807, 2.05) is 13.1 Å². The summed E-state index contributed by atoms with van der Waals surface area (Å²) in [5.74, 6) is 0. The van der Waals surface area contributed by atoms with Crippen LogP contribution < -0.4 is 0 Å². The van der Waals surface area contributed by atoms with E-state index in [2.05, 4.69) is 13.1 Å². The first kappa shape index (κ1) is 9.35. The number of hydrogen-bond donors (Lipinski definition) is 1. The fraction of sp³-hybridized carbons (Fsp3) is 1.00. The van der Waals surface area contributed by atoms with Gasteiger partial charge in [0.2, 0.25) is 0 Å². The molecule has 0 fully saturated rings. The Bertz CT molecular complexity index is 83.0. The van der Waals surface area contributed by atoms with Crippen molar-refractivity contribution in [2.75, 3.05) is 6.23 Å². The van der Waals surface area contributed by atoms with Gasteiger partial charge in [0, 0.05) is 0 Å². The second kappa shape index (κ2) is 3.50. The Kier molecular flexibility index (Phi) is 3.64. The molecule has 9 heavy (non-hydrogen) atoms. The Morgan fingerprint density at radius 1 is 1.44 bits per heavy atom. The molecule has 0 aliphatic heterocycles. The number of hydrogen-bond acceptors (Lipinski definition) is 2. The molecule has 55 valence electrons. The predicted molar refractivity (Wildman–Crippen MR) is 43.1 cm³/mol. The maximum Gasteiger partial charge on any atom is 0.199 e. The highest BCUT2D eigenvalue weighted by atomic mass is 28.4. The van der Waals surface area contributed by atoms with E-state index in [0.717, 1.165) is 0 Å². The van der Waals surface area contributed by atoms with Gasteiger partial charge in [0.1, 0.15) is 0 Å². The molecule has 0 spiro atoms. The third-order valence-electron chi connectivity index (χ3n) is 0.861. The topological polar surface area (TPSA) is 29.5 Å². The molecule has 2 nitrogen and oxygen atoms in total. The first-order valence-corrected chi connectivity index (χ1v) is 8.60. The summed E-state index contributed by atoms with van der Waals surface area (Å²) in [6, 6.07) is 0. The molecule has 0 unspecified atom stereocenters. The van der Waals surface area contributed by atoms with E-state index in [-0.39, 0.29) is 6.23 Å². The van der Waals surface area contributed by atoms with Crippen LogP contribution in [0.5, 0.6) is 0 Å². The lowest BCUT2D eigenvalue weighted by molar-refractivity contribution is 0.335. The largest absolute Gasteiger partial charge is 0.454 e. The molecule has 1 radical (unpaired) electrons. The van der Waals surface area contributed by atoms with Crippen molar-refractivity contribution >= 4 is 17.4 Å². The van der Waals surface area contributed by atoms with Crippen LogP contribution in [0.15, 0.2) is 0 Å². The fourth-order valence-corrected chi connectivity index (χ4v) is 5.26. The Labute approximate surface area is 59.7 Å². The number of aliphatic hydroxyl groups excluding tert-OH is 1. The molecule has 0 aromatic carbocycles. The van der Waals surface area contributed by atoms with Gasteiger partial charge in [-0.05, 0) is 26.2 Å². The molecule has 4 heteroatoms.